The van der Waals surface area contributed by atoms with Crippen molar-refractivity contribution in [3.05, 3.63) is 70.8 Å². The summed E-state index contributed by atoms with van der Waals surface area (Å²) in [6.07, 6.45) is 6.89. The minimum Gasteiger partial charge on any atom is -0.357 e. The number of likely N-dealkylation sites (tertiary alicyclic amines) is 1. The largest absolute Gasteiger partial charge is 0.357 e. The molecule has 9 heteroatoms. The van der Waals surface area contributed by atoms with E-state index in [9.17, 15) is 23.2 Å². The number of carbonyl (C=O) groups is 3. The van der Waals surface area contributed by atoms with Gasteiger partial charge in [-0.2, -0.15) is 0 Å². The number of carbonyl (C=O) groups excluding carboxylic acids is 3. The summed E-state index contributed by atoms with van der Waals surface area (Å²) in [6.45, 7) is 1.34. The molecular weight excluding hydrogens is 502 g/mol. The van der Waals surface area contributed by atoms with Crippen LogP contribution in [0.2, 0.25) is 0 Å². The third-order valence-corrected chi connectivity index (χ3v) is 7.94. The monoisotopic (exact) mass is 540 g/mol. The third kappa shape index (κ3) is 7.62. The van der Waals surface area contributed by atoms with E-state index in [0.717, 1.165) is 56.6 Å². The fourth-order valence-corrected chi connectivity index (χ4v) is 5.74. The molecule has 2 atom stereocenters. The van der Waals surface area contributed by atoms with E-state index in [1.807, 2.05) is 18.2 Å². The molecule has 0 radical (unpaired) electrons. The van der Waals surface area contributed by atoms with E-state index in [1.165, 1.54) is 12.1 Å². The van der Waals surface area contributed by atoms with Crippen LogP contribution in [0.25, 0.3) is 0 Å². The average molecular weight is 541 g/mol. The molecule has 39 heavy (non-hydrogen) atoms. The number of amides is 3. The Kier molecular flexibility index (Phi) is 10.0. The number of likely N-dealkylation sites (N-methyl/N-ethyl adjacent to an activating group) is 1. The molecule has 1 heterocycles. The van der Waals surface area contributed by atoms with Gasteiger partial charge in [-0.15, -0.1) is 0 Å². The van der Waals surface area contributed by atoms with E-state index in [-0.39, 0.29) is 42.6 Å². The van der Waals surface area contributed by atoms with Crippen LogP contribution >= 0.6 is 0 Å². The molecule has 1 aliphatic heterocycles. The Morgan fingerprint density at radius 1 is 1.00 bits per heavy atom. The van der Waals surface area contributed by atoms with Crippen molar-refractivity contribution in [1.29, 1.82) is 0 Å². The topological polar surface area (TPSA) is 90.5 Å². The first-order valence-corrected chi connectivity index (χ1v) is 13.9. The van der Waals surface area contributed by atoms with Crippen LogP contribution in [0.5, 0.6) is 0 Å². The van der Waals surface area contributed by atoms with Crippen LogP contribution < -0.4 is 16.0 Å². The molecule has 1 saturated carbocycles. The second kappa shape index (κ2) is 13.6. The Morgan fingerprint density at radius 3 is 2.54 bits per heavy atom. The first-order valence-electron chi connectivity index (χ1n) is 13.9. The first-order chi connectivity index (χ1) is 18.9. The maximum absolute atomic E-state index is 13.9. The minimum absolute atomic E-state index is 0.0496. The predicted molar refractivity (Wildman–Crippen MR) is 145 cm³/mol. The summed E-state index contributed by atoms with van der Waals surface area (Å²) in [4.78, 5) is 40.4. The standard InChI is InChI=1S/C30H38F2N4O3/c1-33-30(39)28(20-7-3-2-4-8-20)35-29(38)22-10-5-9-21(15-22)24-11-6-14-36(19-24)27(37)18-34-17-23-12-13-25(31)16-26(23)32/h5,9-10,12-13,15-16,20,24,28,34H,2-4,6-8,11,14,17-19H2,1H3,(H,33,39)(H,35,38)/t24?,28-/m1/s1. The van der Waals surface area contributed by atoms with Gasteiger partial charge in [0.05, 0.1) is 6.54 Å². The number of nitrogens with one attached hydrogen (secondary N) is 3. The normalized spacial score (nSPS) is 18.8. The van der Waals surface area contributed by atoms with E-state index >= 15 is 0 Å². The second-order valence-electron chi connectivity index (χ2n) is 10.6. The molecule has 2 aliphatic rings. The van der Waals surface area contributed by atoms with Gasteiger partial charge in [0.15, 0.2) is 0 Å². The Balaban J connectivity index is 1.35. The number of hydrogen-bond donors (Lipinski definition) is 3. The third-order valence-electron chi connectivity index (χ3n) is 7.94. The molecule has 1 aliphatic carbocycles. The first kappa shape index (κ1) is 28.7. The molecule has 0 spiro atoms. The number of piperidine rings is 1. The molecule has 1 saturated heterocycles. The van der Waals surface area contributed by atoms with Crippen molar-refractivity contribution in [2.75, 3.05) is 26.7 Å². The van der Waals surface area contributed by atoms with Crippen molar-refractivity contribution < 1.29 is 23.2 Å². The molecule has 7 nitrogen and oxygen atoms in total. The summed E-state index contributed by atoms with van der Waals surface area (Å²) in [5.74, 6) is -1.58. The number of halogens is 2. The lowest BCUT2D eigenvalue weighted by molar-refractivity contribution is -0.131. The molecule has 4 rings (SSSR count). The van der Waals surface area contributed by atoms with Gasteiger partial charge < -0.3 is 20.9 Å². The highest BCUT2D eigenvalue weighted by Crippen LogP contribution is 2.29. The van der Waals surface area contributed by atoms with Gasteiger partial charge in [0, 0.05) is 49.8 Å². The van der Waals surface area contributed by atoms with Gasteiger partial charge in [0.2, 0.25) is 11.8 Å². The van der Waals surface area contributed by atoms with Gasteiger partial charge in [-0.3, -0.25) is 14.4 Å². The van der Waals surface area contributed by atoms with E-state index < -0.39 is 17.7 Å². The van der Waals surface area contributed by atoms with E-state index in [2.05, 4.69) is 16.0 Å². The van der Waals surface area contributed by atoms with E-state index in [1.54, 1.807) is 18.0 Å². The molecule has 3 amide bonds. The van der Waals surface area contributed by atoms with Crippen LogP contribution in [-0.4, -0.2) is 55.3 Å². The van der Waals surface area contributed by atoms with Crippen LogP contribution in [0.15, 0.2) is 42.5 Å². The Morgan fingerprint density at radius 2 is 1.79 bits per heavy atom. The maximum atomic E-state index is 13.9. The molecule has 2 aromatic rings. The molecule has 0 aromatic heterocycles. The van der Waals surface area contributed by atoms with Crippen LogP contribution in [-0.2, 0) is 16.1 Å². The number of benzene rings is 2. The summed E-state index contributed by atoms with van der Waals surface area (Å²) in [5.41, 5.74) is 1.79. The lowest BCUT2D eigenvalue weighted by Gasteiger charge is -2.33. The average Bonchev–Trinajstić information content (AvgIpc) is 2.97. The van der Waals surface area contributed by atoms with Crippen LogP contribution in [0.3, 0.4) is 0 Å². The van der Waals surface area contributed by atoms with Gasteiger partial charge in [0.25, 0.3) is 5.91 Å². The van der Waals surface area contributed by atoms with Crippen LogP contribution in [0.4, 0.5) is 8.78 Å². The SMILES string of the molecule is CNC(=O)[C@H](NC(=O)c1cccc(C2CCCN(C(=O)CNCc3ccc(F)cc3F)C2)c1)C1CCCCC1. The highest BCUT2D eigenvalue weighted by atomic mass is 19.1. The Labute approximate surface area is 228 Å². The fraction of sp³-hybridized carbons (Fsp3) is 0.500. The van der Waals surface area contributed by atoms with Gasteiger partial charge in [-0.05, 0) is 55.4 Å². The predicted octanol–water partition coefficient (Wildman–Crippen LogP) is 3.89. The summed E-state index contributed by atoms with van der Waals surface area (Å²) in [5, 5.41) is 8.64. The summed E-state index contributed by atoms with van der Waals surface area (Å²) >= 11 is 0. The minimum atomic E-state index is -0.641. The second-order valence-corrected chi connectivity index (χ2v) is 10.6. The summed E-state index contributed by atoms with van der Waals surface area (Å²) in [6, 6.07) is 10.3. The maximum Gasteiger partial charge on any atom is 0.251 e. The Hall–Kier alpha value is -3.33. The molecule has 0 bridgehead atoms. The van der Waals surface area contributed by atoms with E-state index in [4.69, 9.17) is 0 Å². The lowest BCUT2D eigenvalue weighted by Crippen LogP contribution is -2.50. The molecule has 3 N–H and O–H groups in total. The lowest BCUT2D eigenvalue weighted by atomic mass is 9.83. The summed E-state index contributed by atoms with van der Waals surface area (Å²) in [7, 11) is 1.59. The summed E-state index contributed by atoms with van der Waals surface area (Å²) < 4.78 is 27.0. The highest BCUT2D eigenvalue weighted by Gasteiger charge is 2.31. The van der Waals surface area contributed by atoms with Crippen molar-refractivity contribution in [1.82, 2.24) is 20.9 Å². The Bertz CT molecular complexity index is 1170. The number of nitrogens with zero attached hydrogens (tertiary/aromatic N) is 1. The van der Waals surface area contributed by atoms with Crippen LogP contribution in [0.1, 0.15) is 72.3 Å². The number of rotatable bonds is 9. The van der Waals surface area contributed by atoms with Gasteiger partial charge >= 0.3 is 0 Å². The van der Waals surface area contributed by atoms with Gasteiger partial charge in [-0.25, -0.2) is 8.78 Å². The zero-order valence-electron chi connectivity index (χ0n) is 22.5. The van der Waals surface area contributed by atoms with Crippen molar-refractivity contribution in [3.63, 3.8) is 0 Å². The zero-order valence-corrected chi connectivity index (χ0v) is 22.5. The molecule has 210 valence electrons. The fourth-order valence-electron chi connectivity index (χ4n) is 5.74. The molecular formula is C30H38F2N4O3. The van der Waals surface area contributed by atoms with E-state index in [0.29, 0.717) is 24.2 Å². The number of hydrogen-bond acceptors (Lipinski definition) is 4. The zero-order chi connectivity index (χ0) is 27.8. The van der Waals surface area contributed by atoms with Crippen molar-refractivity contribution >= 4 is 17.7 Å². The smallest absolute Gasteiger partial charge is 0.251 e. The van der Waals surface area contributed by atoms with Crippen molar-refractivity contribution in [3.8, 4) is 0 Å². The van der Waals surface area contributed by atoms with Gasteiger partial charge in [0.1, 0.15) is 17.7 Å². The van der Waals surface area contributed by atoms with Crippen LogP contribution in [0, 0.1) is 17.6 Å². The highest BCUT2D eigenvalue weighted by molar-refractivity contribution is 5.97. The van der Waals surface area contributed by atoms with Crippen molar-refractivity contribution in [2.24, 2.45) is 5.92 Å². The molecule has 2 aromatic carbocycles. The molecule has 2 fully saturated rings. The quantitative estimate of drug-likeness (QED) is 0.450. The van der Waals surface area contributed by atoms with Gasteiger partial charge in [-0.1, -0.05) is 37.5 Å². The molecule has 1 unspecified atom stereocenters. The van der Waals surface area contributed by atoms with Crippen molar-refractivity contribution in [2.45, 2.75) is 63.5 Å².